The molecule has 0 saturated carbocycles. The molecule has 0 bridgehead atoms. The van der Waals surface area contributed by atoms with Gasteiger partial charge in [0.15, 0.2) is 0 Å². The van der Waals surface area contributed by atoms with Crippen LogP contribution in [0.5, 0.6) is 5.75 Å². The molecule has 0 aromatic heterocycles. The third-order valence-electron chi connectivity index (χ3n) is 3.75. The second-order valence-corrected chi connectivity index (χ2v) is 5.64. The van der Waals surface area contributed by atoms with Crippen molar-refractivity contribution in [1.82, 2.24) is 5.32 Å². The first-order valence-corrected chi connectivity index (χ1v) is 7.77. The minimum absolute atomic E-state index is 0.0400. The van der Waals surface area contributed by atoms with Crippen LogP contribution in [0.4, 0.5) is 0 Å². The van der Waals surface area contributed by atoms with Gasteiger partial charge in [0, 0.05) is 13.0 Å². The zero-order chi connectivity index (χ0) is 15.8. The summed E-state index contributed by atoms with van der Waals surface area (Å²) >= 11 is 5.82. The lowest BCUT2D eigenvalue weighted by molar-refractivity contribution is -0.121. The third kappa shape index (κ3) is 5.94. The molecule has 1 atom stereocenters. The Morgan fingerprint density at radius 3 is 2.57 bits per heavy atom. The minimum Gasteiger partial charge on any atom is -0.506 e. The zero-order valence-corrected chi connectivity index (χ0v) is 13.4. The molecular formula is C16H24ClNO3. The number of nitrogens with one attached hydrogen (secondary N) is 1. The van der Waals surface area contributed by atoms with Gasteiger partial charge in [-0.3, -0.25) is 4.79 Å². The smallest absolute Gasteiger partial charge is 0.220 e. The molecule has 0 fully saturated rings. The first-order chi connectivity index (χ1) is 9.97. The van der Waals surface area contributed by atoms with Crippen molar-refractivity contribution >= 4 is 17.5 Å². The number of rotatable bonds is 8. The number of phenolic OH excluding ortho intramolecular Hbond substituents is 1. The van der Waals surface area contributed by atoms with E-state index in [9.17, 15) is 15.0 Å². The fraction of sp³-hybridized carbons (Fsp3) is 0.562. The predicted octanol–water partition coefficient (Wildman–Crippen LogP) is 2.89. The van der Waals surface area contributed by atoms with Gasteiger partial charge in [-0.2, -0.15) is 0 Å². The van der Waals surface area contributed by atoms with Crippen molar-refractivity contribution in [3.8, 4) is 5.75 Å². The van der Waals surface area contributed by atoms with Crippen molar-refractivity contribution in [2.24, 2.45) is 5.92 Å². The summed E-state index contributed by atoms with van der Waals surface area (Å²) in [5.74, 6) is 0.170. The maximum absolute atomic E-state index is 11.8. The van der Waals surface area contributed by atoms with E-state index in [0.717, 1.165) is 18.4 Å². The molecule has 0 saturated heterocycles. The van der Waals surface area contributed by atoms with Gasteiger partial charge in [0.1, 0.15) is 5.75 Å². The summed E-state index contributed by atoms with van der Waals surface area (Å²) in [6, 6.07) is 4.92. The molecule has 0 aliphatic carbocycles. The number of hydrogen-bond donors (Lipinski definition) is 3. The molecule has 1 aromatic carbocycles. The Kier molecular flexibility index (Phi) is 7.54. The molecule has 1 amide bonds. The second-order valence-electron chi connectivity index (χ2n) is 5.23. The Balaban J connectivity index is 2.35. The molecule has 0 unspecified atom stereocenters. The van der Waals surface area contributed by atoms with Gasteiger partial charge in [-0.25, -0.2) is 0 Å². The fourth-order valence-corrected chi connectivity index (χ4v) is 2.47. The maximum Gasteiger partial charge on any atom is 0.220 e. The van der Waals surface area contributed by atoms with E-state index in [0.29, 0.717) is 19.4 Å². The largest absolute Gasteiger partial charge is 0.506 e. The van der Waals surface area contributed by atoms with Crippen LogP contribution in [0.2, 0.25) is 5.02 Å². The zero-order valence-electron chi connectivity index (χ0n) is 12.6. The van der Waals surface area contributed by atoms with Gasteiger partial charge in [0.25, 0.3) is 0 Å². The lowest BCUT2D eigenvalue weighted by atomic mass is 9.96. The molecule has 0 aliphatic heterocycles. The van der Waals surface area contributed by atoms with Crippen molar-refractivity contribution in [2.75, 3.05) is 6.54 Å². The molecule has 1 aromatic rings. The average molecular weight is 314 g/mol. The number of carbonyl (C=O) groups is 1. The number of carbonyl (C=O) groups excluding carboxylic acids is 1. The lowest BCUT2D eigenvalue weighted by Gasteiger charge is -2.20. The van der Waals surface area contributed by atoms with Crippen LogP contribution in [0.25, 0.3) is 0 Å². The highest BCUT2D eigenvalue weighted by atomic mass is 35.5. The molecular weight excluding hydrogens is 290 g/mol. The van der Waals surface area contributed by atoms with Crippen LogP contribution in [-0.4, -0.2) is 28.8 Å². The predicted molar refractivity (Wildman–Crippen MR) is 84.5 cm³/mol. The van der Waals surface area contributed by atoms with Crippen molar-refractivity contribution in [3.05, 3.63) is 28.8 Å². The maximum atomic E-state index is 11.8. The Morgan fingerprint density at radius 2 is 2.00 bits per heavy atom. The van der Waals surface area contributed by atoms with Crippen molar-refractivity contribution < 1.29 is 15.0 Å². The number of hydrogen-bond acceptors (Lipinski definition) is 3. The molecule has 1 rings (SSSR count). The fourth-order valence-electron chi connectivity index (χ4n) is 2.27. The molecule has 0 aliphatic rings. The van der Waals surface area contributed by atoms with Gasteiger partial charge in [0.2, 0.25) is 5.91 Å². The number of aromatic hydroxyl groups is 1. The van der Waals surface area contributed by atoms with E-state index in [1.807, 2.05) is 13.8 Å². The van der Waals surface area contributed by atoms with E-state index in [4.69, 9.17) is 11.6 Å². The molecule has 118 valence electrons. The van der Waals surface area contributed by atoms with Crippen LogP contribution in [-0.2, 0) is 11.2 Å². The number of phenols is 1. The Labute approximate surface area is 131 Å². The van der Waals surface area contributed by atoms with E-state index in [2.05, 4.69) is 5.32 Å². The standard InChI is InChI=1S/C16H24ClNO3/c1-3-12(4-2)15(20)10-18-16(21)8-6-11-5-7-14(19)13(17)9-11/h5,7,9,12,15,19-20H,3-4,6,8,10H2,1-2H3,(H,18,21)/t15-/m1/s1. The van der Waals surface area contributed by atoms with E-state index in [1.54, 1.807) is 12.1 Å². The van der Waals surface area contributed by atoms with Gasteiger partial charge in [-0.1, -0.05) is 44.4 Å². The van der Waals surface area contributed by atoms with Crippen molar-refractivity contribution in [2.45, 2.75) is 45.6 Å². The SMILES string of the molecule is CCC(CC)[C@H](O)CNC(=O)CCc1ccc(O)c(Cl)c1. The second kappa shape index (κ2) is 8.90. The Bertz CT molecular complexity index is 461. The van der Waals surface area contributed by atoms with Gasteiger partial charge >= 0.3 is 0 Å². The van der Waals surface area contributed by atoms with E-state index in [-0.39, 0.29) is 22.6 Å². The van der Waals surface area contributed by atoms with E-state index in [1.165, 1.54) is 6.07 Å². The van der Waals surface area contributed by atoms with Gasteiger partial charge in [-0.15, -0.1) is 0 Å². The highest BCUT2D eigenvalue weighted by Crippen LogP contribution is 2.24. The van der Waals surface area contributed by atoms with Crippen LogP contribution in [0.1, 0.15) is 38.7 Å². The monoisotopic (exact) mass is 313 g/mol. The van der Waals surface area contributed by atoms with Gasteiger partial charge in [-0.05, 0) is 30.0 Å². The van der Waals surface area contributed by atoms with E-state index < -0.39 is 6.10 Å². The Hall–Kier alpha value is -1.26. The molecule has 21 heavy (non-hydrogen) atoms. The summed E-state index contributed by atoms with van der Waals surface area (Å²) in [6.07, 6.45) is 2.19. The topological polar surface area (TPSA) is 69.6 Å². The van der Waals surface area contributed by atoms with Crippen molar-refractivity contribution in [3.63, 3.8) is 0 Å². The first-order valence-electron chi connectivity index (χ1n) is 7.40. The highest BCUT2D eigenvalue weighted by molar-refractivity contribution is 6.32. The number of aliphatic hydroxyl groups is 1. The van der Waals surface area contributed by atoms with Crippen molar-refractivity contribution in [1.29, 1.82) is 0 Å². The number of benzene rings is 1. The van der Waals surface area contributed by atoms with Gasteiger partial charge in [0.05, 0.1) is 11.1 Å². The van der Waals surface area contributed by atoms with Crippen LogP contribution in [0.3, 0.4) is 0 Å². The molecule has 0 heterocycles. The molecule has 0 spiro atoms. The molecule has 5 heteroatoms. The minimum atomic E-state index is -0.493. The average Bonchev–Trinajstić information content (AvgIpc) is 2.47. The van der Waals surface area contributed by atoms with Gasteiger partial charge < -0.3 is 15.5 Å². The van der Waals surface area contributed by atoms with E-state index >= 15 is 0 Å². The van der Waals surface area contributed by atoms with Crippen LogP contribution in [0.15, 0.2) is 18.2 Å². The number of aliphatic hydroxyl groups excluding tert-OH is 1. The van der Waals surface area contributed by atoms with Crippen LogP contribution < -0.4 is 5.32 Å². The van der Waals surface area contributed by atoms with Crippen LogP contribution in [0, 0.1) is 5.92 Å². The Morgan fingerprint density at radius 1 is 1.33 bits per heavy atom. The highest BCUT2D eigenvalue weighted by Gasteiger charge is 2.16. The summed E-state index contributed by atoms with van der Waals surface area (Å²) in [6.45, 7) is 4.36. The number of amides is 1. The summed E-state index contributed by atoms with van der Waals surface area (Å²) in [7, 11) is 0. The molecule has 0 radical (unpaired) electrons. The quantitative estimate of drug-likeness (QED) is 0.691. The summed E-state index contributed by atoms with van der Waals surface area (Å²) in [4.78, 5) is 11.8. The molecule has 3 N–H and O–H groups in total. The number of halogens is 1. The third-order valence-corrected chi connectivity index (χ3v) is 4.06. The normalized spacial score (nSPS) is 12.4. The van der Waals surface area contributed by atoms with Crippen LogP contribution >= 0.6 is 11.6 Å². The molecule has 4 nitrogen and oxygen atoms in total. The number of aryl methyl sites for hydroxylation is 1. The summed E-state index contributed by atoms with van der Waals surface area (Å²) < 4.78 is 0. The lowest BCUT2D eigenvalue weighted by Crippen LogP contribution is -2.36. The summed E-state index contributed by atoms with van der Waals surface area (Å²) in [5.41, 5.74) is 0.897. The summed E-state index contributed by atoms with van der Waals surface area (Å²) in [5, 5.41) is 22.3. The first kappa shape index (κ1) is 17.8.